The topological polar surface area (TPSA) is 181 Å². The SMILES string of the molecule is CC[C@H]1CN(c2nc(N)c(C(=O)NC3CCS(=O)(=O)C3)nc2Cl)CCN1C1CCN(C(=O)c2ccc(Cl)nc2N)CC1. The van der Waals surface area contributed by atoms with E-state index in [0.29, 0.717) is 50.0 Å². The fourth-order valence-electron chi connectivity index (χ4n) is 6.06. The van der Waals surface area contributed by atoms with Crippen LogP contribution in [0.4, 0.5) is 17.5 Å². The summed E-state index contributed by atoms with van der Waals surface area (Å²) in [4.78, 5) is 44.8. The van der Waals surface area contributed by atoms with Gasteiger partial charge in [-0.05, 0) is 37.8 Å². The standard InChI is InChI=1S/C26H35Cl2N9O4S/c1-2-16-13-36(24-21(28)33-20(23(30)34-24)25(38)31-15-7-12-42(40,41)14-15)10-11-37(16)17-5-8-35(9-6-17)26(39)18-3-4-19(27)32-22(18)29/h3-4,15-17H,2,5-14H2,1H3,(H2,29,32)(H2,30,34)(H,31,38)/t15?,16-/m0/s1. The summed E-state index contributed by atoms with van der Waals surface area (Å²) in [6, 6.07) is 3.24. The minimum absolute atomic E-state index is 0.0385. The zero-order valence-corrected chi connectivity index (χ0v) is 25.6. The van der Waals surface area contributed by atoms with Crippen LogP contribution in [0.15, 0.2) is 12.1 Å². The van der Waals surface area contributed by atoms with Crippen LogP contribution in [0.2, 0.25) is 10.3 Å². The lowest BCUT2D eigenvalue weighted by Crippen LogP contribution is -2.58. The molecule has 1 unspecified atom stereocenters. The van der Waals surface area contributed by atoms with Gasteiger partial charge >= 0.3 is 0 Å². The number of anilines is 3. The largest absolute Gasteiger partial charge is 0.383 e. The Bertz CT molecular complexity index is 1470. The van der Waals surface area contributed by atoms with Crippen molar-refractivity contribution in [2.45, 2.75) is 50.7 Å². The summed E-state index contributed by atoms with van der Waals surface area (Å²) in [6.07, 6.45) is 2.92. The Balaban J connectivity index is 1.20. The van der Waals surface area contributed by atoms with E-state index in [1.807, 2.05) is 9.80 Å². The molecular formula is C26H35Cl2N9O4S. The first-order valence-corrected chi connectivity index (χ1v) is 16.6. The summed E-state index contributed by atoms with van der Waals surface area (Å²) in [5.41, 5.74) is 12.3. The van der Waals surface area contributed by atoms with E-state index >= 15 is 0 Å². The Hall–Kier alpha value is -2.94. The summed E-state index contributed by atoms with van der Waals surface area (Å²) in [7, 11) is -3.15. The lowest BCUT2D eigenvalue weighted by atomic mass is 9.97. The Labute approximate surface area is 254 Å². The molecule has 13 nitrogen and oxygen atoms in total. The molecule has 0 saturated carbocycles. The van der Waals surface area contributed by atoms with Crippen molar-refractivity contribution >= 4 is 62.3 Å². The van der Waals surface area contributed by atoms with E-state index in [9.17, 15) is 18.0 Å². The molecule has 228 valence electrons. The first-order chi connectivity index (χ1) is 20.0. The van der Waals surface area contributed by atoms with Crippen molar-refractivity contribution in [3.05, 3.63) is 33.7 Å². The van der Waals surface area contributed by atoms with Gasteiger partial charge in [-0.25, -0.2) is 23.4 Å². The van der Waals surface area contributed by atoms with Crippen LogP contribution in [0.5, 0.6) is 0 Å². The fraction of sp³-hybridized carbons (Fsp3) is 0.577. The third-order valence-electron chi connectivity index (χ3n) is 8.29. The van der Waals surface area contributed by atoms with E-state index in [1.165, 1.54) is 0 Å². The number of pyridine rings is 1. The van der Waals surface area contributed by atoms with Crippen LogP contribution in [0.3, 0.4) is 0 Å². The molecule has 2 aromatic rings. The first-order valence-electron chi connectivity index (χ1n) is 14.0. The zero-order chi connectivity index (χ0) is 30.2. The second-order valence-corrected chi connectivity index (χ2v) is 14.0. The van der Waals surface area contributed by atoms with Crippen LogP contribution in [-0.2, 0) is 9.84 Å². The smallest absolute Gasteiger partial charge is 0.274 e. The predicted octanol–water partition coefficient (Wildman–Crippen LogP) is 1.47. The number of sulfone groups is 1. The number of amides is 2. The van der Waals surface area contributed by atoms with E-state index in [0.717, 1.165) is 25.8 Å². The molecule has 0 radical (unpaired) electrons. The van der Waals surface area contributed by atoms with Crippen molar-refractivity contribution in [2.75, 3.05) is 60.6 Å². The third-order valence-corrected chi connectivity index (χ3v) is 10.5. The van der Waals surface area contributed by atoms with Gasteiger partial charge in [0.1, 0.15) is 11.0 Å². The highest BCUT2D eigenvalue weighted by Crippen LogP contribution is 2.30. The van der Waals surface area contributed by atoms with Crippen LogP contribution in [0, 0.1) is 0 Å². The normalized spacial score (nSPS) is 23.2. The summed E-state index contributed by atoms with van der Waals surface area (Å²) in [6.45, 7) is 5.43. The van der Waals surface area contributed by atoms with Crippen LogP contribution >= 0.6 is 23.2 Å². The van der Waals surface area contributed by atoms with Crippen molar-refractivity contribution in [3.8, 4) is 0 Å². The Kier molecular flexibility index (Phi) is 8.97. The molecule has 3 saturated heterocycles. The highest BCUT2D eigenvalue weighted by atomic mass is 35.5. The number of piperidine rings is 1. The molecule has 3 fully saturated rings. The van der Waals surface area contributed by atoms with Gasteiger partial charge in [-0.3, -0.25) is 14.5 Å². The number of rotatable bonds is 6. The van der Waals surface area contributed by atoms with Crippen LogP contribution in [0.25, 0.3) is 0 Å². The first kappa shape index (κ1) is 30.5. The number of carbonyl (C=O) groups is 2. The molecule has 2 atom stereocenters. The summed E-state index contributed by atoms with van der Waals surface area (Å²) in [5.74, 6) is -0.299. The van der Waals surface area contributed by atoms with Gasteiger partial charge in [0.15, 0.2) is 32.3 Å². The maximum absolute atomic E-state index is 13.0. The van der Waals surface area contributed by atoms with Gasteiger partial charge < -0.3 is 26.6 Å². The van der Waals surface area contributed by atoms with Crippen LogP contribution in [-0.4, -0.2) is 107 Å². The average molecular weight is 641 g/mol. The molecule has 3 aliphatic rings. The molecule has 5 N–H and O–H groups in total. The van der Waals surface area contributed by atoms with Crippen LogP contribution < -0.4 is 21.7 Å². The molecule has 5 heterocycles. The van der Waals surface area contributed by atoms with Crippen molar-refractivity contribution < 1.29 is 18.0 Å². The van der Waals surface area contributed by atoms with E-state index in [-0.39, 0.29) is 51.1 Å². The summed E-state index contributed by atoms with van der Waals surface area (Å²) in [5, 5.41) is 3.00. The molecule has 0 bridgehead atoms. The predicted molar refractivity (Wildman–Crippen MR) is 162 cm³/mol. The molecular weight excluding hydrogens is 605 g/mol. The van der Waals surface area contributed by atoms with Crippen LogP contribution in [0.1, 0.15) is 53.5 Å². The third kappa shape index (κ3) is 6.51. The van der Waals surface area contributed by atoms with Crippen molar-refractivity contribution in [1.29, 1.82) is 0 Å². The minimum Gasteiger partial charge on any atom is -0.383 e. The number of halogens is 2. The number of nitrogen functional groups attached to an aromatic ring is 2. The molecule has 0 aliphatic carbocycles. The molecule has 5 rings (SSSR count). The summed E-state index contributed by atoms with van der Waals surface area (Å²) < 4.78 is 23.5. The summed E-state index contributed by atoms with van der Waals surface area (Å²) >= 11 is 12.4. The highest BCUT2D eigenvalue weighted by Gasteiger charge is 2.36. The van der Waals surface area contributed by atoms with Gasteiger partial charge in [0, 0.05) is 50.8 Å². The Morgan fingerprint density at radius 2 is 1.76 bits per heavy atom. The monoisotopic (exact) mass is 639 g/mol. The number of carbonyl (C=O) groups excluding carboxylic acids is 2. The second kappa shape index (κ2) is 12.3. The lowest BCUT2D eigenvalue weighted by molar-refractivity contribution is 0.0491. The lowest BCUT2D eigenvalue weighted by Gasteiger charge is -2.47. The maximum atomic E-state index is 13.0. The van der Waals surface area contributed by atoms with Gasteiger partial charge in [-0.2, -0.15) is 0 Å². The molecule has 0 spiro atoms. The zero-order valence-electron chi connectivity index (χ0n) is 23.3. The highest BCUT2D eigenvalue weighted by molar-refractivity contribution is 7.91. The molecule has 2 amide bonds. The molecule has 42 heavy (non-hydrogen) atoms. The number of nitrogens with one attached hydrogen (secondary N) is 1. The van der Waals surface area contributed by atoms with Gasteiger partial charge in [0.2, 0.25) is 0 Å². The number of nitrogens with two attached hydrogens (primary N) is 2. The number of hydrogen-bond acceptors (Lipinski definition) is 11. The van der Waals surface area contributed by atoms with Gasteiger partial charge in [-0.1, -0.05) is 30.1 Å². The number of piperazine rings is 1. The van der Waals surface area contributed by atoms with E-state index in [2.05, 4.69) is 32.1 Å². The van der Waals surface area contributed by atoms with Gasteiger partial charge in [0.25, 0.3) is 11.8 Å². The fourth-order valence-corrected chi connectivity index (χ4v) is 8.13. The van der Waals surface area contributed by atoms with E-state index < -0.39 is 21.8 Å². The molecule has 3 aliphatic heterocycles. The number of nitrogens with zero attached hydrogens (tertiary/aromatic N) is 6. The Morgan fingerprint density at radius 1 is 1.02 bits per heavy atom. The molecule has 0 aromatic carbocycles. The second-order valence-electron chi connectivity index (χ2n) is 11.0. The maximum Gasteiger partial charge on any atom is 0.274 e. The molecule has 16 heteroatoms. The van der Waals surface area contributed by atoms with Gasteiger partial charge in [-0.15, -0.1) is 0 Å². The van der Waals surface area contributed by atoms with Crippen molar-refractivity contribution in [2.24, 2.45) is 0 Å². The quantitative estimate of drug-likeness (QED) is 0.389. The minimum atomic E-state index is -3.15. The number of hydrogen-bond donors (Lipinski definition) is 3. The van der Waals surface area contributed by atoms with E-state index in [1.54, 1.807) is 12.1 Å². The van der Waals surface area contributed by atoms with Crippen molar-refractivity contribution in [3.63, 3.8) is 0 Å². The average Bonchev–Trinajstić information content (AvgIpc) is 3.31. The number of likely N-dealkylation sites (tertiary alicyclic amines) is 1. The van der Waals surface area contributed by atoms with Crippen molar-refractivity contribution in [1.82, 2.24) is 30.1 Å². The number of aromatic nitrogens is 3. The Morgan fingerprint density at radius 3 is 2.40 bits per heavy atom. The molecule has 2 aromatic heterocycles. The van der Waals surface area contributed by atoms with Gasteiger partial charge in [0.05, 0.1) is 17.1 Å². The van der Waals surface area contributed by atoms with E-state index in [4.69, 9.17) is 34.7 Å².